The van der Waals surface area contributed by atoms with Gasteiger partial charge in [0.15, 0.2) is 0 Å². The first-order chi connectivity index (χ1) is 9.49. The lowest BCUT2D eigenvalue weighted by Crippen LogP contribution is -2.18. The highest BCUT2D eigenvalue weighted by molar-refractivity contribution is 14.1. The molecular weight excluding hydrogens is 383 g/mol. The van der Waals surface area contributed by atoms with Crippen LogP contribution in [0.1, 0.15) is 21.5 Å². The molecule has 0 aromatic heterocycles. The quantitative estimate of drug-likeness (QED) is 0.617. The maximum atomic E-state index is 12.2. The Balaban J connectivity index is 2.30. The molecule has 0 atom stereocenters. The normalized spacial score (nSPS) is 10.1. The molecule has 102 valence electrons. The first-order valence-corrected chi connectivity index (χ1v) is 7.44. The molecule has 0 bridgehead atoms. The van der Waals surface area contributed by atoms with Crippen LogP contribution in [0.25, 0.3) is 0 Å². The zero-order chi connectivity index (χ0) is 14.7. The van der Waals surface area contributed by atoms with Gasteiger partial charge >= 0.3 is 0 Å². The summed E-state index contributed by atoms with van der Waals surface area (Å²) in [7, 11) is 0. The Bertz CT molecular complexity index is 668. The summed E-state index contributed by atoms with van der Waals surface area (Å²) in [5.74, 6) is -0.176. The van der Waals surface area contributed by atoms with E-state index in [-0.39, 0.29) is 10.9 Å². The smallest absolute Gasteiger partial charge is 0.255 e. The van der Waals surface area contributed by atoms with Crippen LogP contribution in [-0.4, -0.2) is 10.9 Å². The minimum atomic E-state index is -0.176. The minimum Gasteiger partial charge on any atom is -0.389 e. The molecule has 0 aliphatic carbocycles. The van der Waals surface area contributed by atoms with Crippen LogP contribution < -0.4 is 11.1 Å². The molecule has 0 unspecified atom stereocenters. The van der Waals surface area contributed by atoms with Gasteiger partial charge in [-0.15, -0.1) is 0 Å². The molecule has 0 aliphatic rings. The number of carbonyl (C=O) groups excluding carboxylic acids is 1. The molecule has 5 heteroatoms. The molecule has 0 heterocycles. The zero-order valence-corrected chi connectivity index (χ0v) is 13.8. The average molecular weight is 396 g/mol. The summed E-state index contributed by atoms with van der Waals surface area (Å²) in [5, 5.41) is 2.86. The lowest BCUT2D eigenvalue weighted by Gasteiger charge is -2.12. The number of nitrogens with two attached hydrogens (primary N) is 1. The summed E-state index contributed by atoms with van der Waals surface area (Å²) in [6.07, 6.45) is 0. The summed E-state index contributed by atoms with van der Waals surface area (Å²) in [4.78, 5) is 12.5. The van der Waals surface area contributed by atoms with E-state index in [0.29, 0.717) is 16.8 Å². The molecule has 0 fully saturated rings. The summed E-state index contributed by atoms with van der Waals surface area (Å²) in [6.45, 7) is 1.91. The maximum absolute atomic E-state index is 12.2. The van der Waals surface area contributed by atoms with Gasteiger partial charge in [0.05, 0.1) is 5.69 Å². The van der Waals surface area contributed by atoms with Gasteiger partial charge in [-0.2, -0.15) is 0 Å². The second kappa shape index (κ2) is 6.32. The molecule has 20 heavy (non-hydrogen) atoms. The van der Waals surface area contributed by atoms with Gasteiger partial charge in [0.1, 0.15) is 4.99 Å². The SMILES string of the molecule is Cc1cccc(NC(=O)c2ccc(I)cc2)c1C(N)=S. The van der Waals surface area contributed by atoms with E-state index in [4.69, 9.17) is 18.0 Å². The summed E-state index contributed by atoms with van der Waals surface area (Å²) < 4.78 is 1.08. The van der Waals surface area contributed by atoms with Gasteiger partial charge in [0, 0.05) is 14.7 Å². The fraction of sp³-hybridized carbons (Fsp3) is 0.0667. The molecule has 1 amide bonds. The highest BCUT2D eigenvalue weighted by atomic mass is 127. The van der Waals surface area contributed by atoms with Crippen LogP contribution in [0, 0.1) is 10.5 Å². The standard InChI is InChI=1S/C15H13IN2OS/c1-9-3-2-4-12(13(9)14(17)20)18-15(19)10-5-7-11(16)8-6-10/h2-8H,1H3,(H2,17,20)(H,18,19). The molecule has 3 N–H and O–H groups in total. The predicted octanol–water partition coefficient (Wildman–Crippen LogP) is 3.49. The summed E-state index contributed by atoms with van der Waals surface area (Å²) in [6, 6.07) is 12.9. The number of aryl methyl sites for hydroxylation is 1. The molecule has 0 aliphatic heterocycles. The van der Waals surface area contributed by atoms with Crippen molar-refractivity contribution in [1.82, 2.24) is 0 Å². The second-order valence-electron chi connectivity index (χ2n) is 4.32. The number of nitrogens with one attached hydrogen (secondary N) is 1. The lowest BCUT2D eigenvalue weighted by molar-refractivity contribution is 0.102. The Labute approximate surface area is 136 Å². The molecular formula is C15H13IN2OS. The molecule has 0 spiro atoms. The van der Waals surface area contributed by atoms with Gasteiger partial charge in [-0.1, -0.05) is 24.4 Å². The van der Waals surface area contributed by atoms with Crippen LogP contribution in [-0.2, 0) is 0 Å². The minimum absolute atomic E-state index is 0.176. The first-order valence-electron chi connectivity index (χ1n) is 5.95. The van der Waals surface area contributed by atoms with Crippen molar-refractivity contribution in [3.8, 4) is 0 Å². The number of hydrogen-bond donors (Lipinski definition) is 2. The number of benzene rings is 2. The number of carbonyl (C=O) groups is 1. The van der Waals surface area contributed by atoms with Crippen molar-refractivity contribution in [2.24, 2.45) is 5.73 Å². The highest BCUT2D eigenvalue weighted by Gasteiger charge is 2.12. The Morgan fingerprint density at radius 2 is 1.85 bits per heavy atom. The Hall–Kier alpha value is -1.47. The Morgan fingerprint density at radius 3 is 2.45 bits per heavy atom. The maximum Gasteiger partial charge on any atom is 0.255 e. The Morgan fingerprint density at radius 1 is 1.20 bits per heavy atom. The fourth-order valence-corrected chi connectivity index (χ4v) is 2.53. The van der Waals surface area contributed by atoms with Crippen molar-refractivity contribution >= 4 is 51.4 Å². The van der Waals surface area contributed by atoms with Crippen LogP contribution in [0.2, 0.25) is 0 Å². The van der Waals surface area contributed by atoms with E-state index in [1.54, 1.807) is 18.2 Å². The van der Waals surface area contributed by atoms with Crippen molar-refractivity contribution in [3.63, 3.8) is 0 Å². The van der Waals surface area contributed by atoms with Gasteiger partial charge in [-0.25, -0.2) is 0 Å². The highest BCUT2D eigenvalue weighted by Crippen LogP contribution is 2.20. The van der Waals surface area contributed by atoms with Gasteiger partial charge in [-0.3, -0.25) is 4.79 Å². The molecule has 2 aromatic carbocycles. The molecule has 0 radical (unpaired) electrons. The molecule has 3 nitrogen and oxygen atoms in total. The second-order valence-corrected chi connectivity index (χ2v) is 6.01. The number of thiocarbonyl (C=S) groups is 1. The largest absolute Gasteiger partial charge is 0.389 e. The van der Waals surface area contributed by atoms with Crippen molar-refractivity contribution in [3.05, 3.63) is 62.7 Å². The third-order valence-electron chi connectivity index (χ3n) is 2.87. The van der Waals surface area contributed by atoms with Crippen molar-refractivity contribution in [2.75, 3.05) is 5.32 Å². The average Bonchev–Trinajstić information content (AvgIpc) is 2.39. The first kappa shape index (κ1) is 14.9. The van der Waals surface area contributed by atoms with E-state index >= 15 is 0 Å². The van der Waals surface area contributed by atoms with Crippen molar-refractivity contribution in [2.45, 2.75) is 6.92 Å². The Kier molecular flexibility index (Phi) is 4.72. The monoisotopic (exact) mass is 396 g/mol. The van der Waals surface area contributed by atoms with Gasteiger partial charge in [0.25, 0.3) is 5.91 Å². The molecule has 2 rings (SSSR count). The van der Waals surface area contributed by atoms with Crippen LogP contribution in [0.15, 0.2) is 42.5 Å². The number of amides is 1. The third-order valence-corrected chi connectivity index (χ3v) is 3.80. The topological polar surface area (TPSA) is 55.1 Å². The van der Waals surface area contributed by atoms with E-state index in [2.05, 4.69) is 27.9 Å². The van der Waals surface area contributed by atoms with Crippen LogP contribution >= 0.6 is 34.8 Å². The summed E-state index contributed by atoms with van der Waals surface area (Å²) >= 11 is 7.25. The van der Waals surface area contributed by atoms with Crippen LogP contribution in [0.4, 0.5) is 5.69 Å². The molecule has 2 aromatic rings. The molecule has 0 saturated carbocycles. The van der Waals surface area contributed by atoms with E-state index in [1.165, 1.54) is 0 Å². The van der Waals surface area contributed by atoms with Crippen LogP contribution in [0.5, 0.6) is 0 Å². The number of hydrogen-bond acceptors (Lipinski definition) is 2. The lowest BCUT2D eigenvalue weighted by atomic mass is 10.1. The van der Waals surface area contributed by atoms with Crippen molar-refractivity contribution in [1.29, 1.82) is 0 Å². The molecule has 0 saturated heterocycles. The predicted molar refractivity (Wildman–Crippen MR) is 94.2 cm³/mol. The van der Waals surface area contributed by atoms with E-state index in [9.17, 15) is 4.79 Å². The number of anilines is 1. The van der Waals surface area contributed by atoms with E-state index in [0.717, 1.165) is 9.13 Å². The number of rotatable bonds is 3. The number of halogens is 1. The summed E-state index contributed by atoms with van der Waals surface area (Å²) in [5.41, 5.74) is 8.62. The van der Waals surface area contributed by atoms with Crippen molar-refractivity contribution < 1.29 is 4.79 Å². The van der Waals surface area contributed by atoms with E-state index < -0.39 is 0 Å². The van der Waals surface area contributed by atoms with Gasteiger partial charge in [-0.05, 0) is 65.4 Å². The third kappa shape index (κ3) is 3.34. The van der Waals surface area contributed by atoms with E-state index in [1.807, 2.05) is 31.2 Å². The zero-order valence-electron chi connectivity index (χ0n) is 10.8. The van der Waals surface area contributed by atoms with Crippen LogP contribution in [0.3, 0.4) is 0 Å². The fourth-order valence-electron chi connectivity index (χ4n) is 1.89. The van der Waals surface area contributed by atoms with Gasteiger partial charge < -0.3 is 11.1 Å². The van der Waals surface area contributed by atoms with Gasteiger partial charge in [0.2, 0.25) is 0 Å².